The molecular weight excluding hydrogens is 413 g/mol. The summed E-state index contributed by atoms with van der Waals surface area (Å²) in [4.78, 5) is 41.2. The molecule has 0 N–H and O–H groups in total. The Morgan fingerprint density at radius 3 is 1.04 bits per heavy atom. The highest BCUT2D eigenvalue weighted by molar-refractivity contribution is 6.41. The van der Waals surface area contributed by atoms with Crippen LogP contribution in [0.25, 0.3) is 0 Å². The van der Waals surface area contributed by atoms with E-state index in [-0.39, 0.29) is 0 Å². The fourth-order valence-corrected chi connectivity index (χ4v) is 3.91. The van der Waals surface area contributed by atoms with Gasteiger partial charge in [-0.15, -0.1) is 0 Å². The highest BCUT2D eigenvalue weighted by Crippen LogP contribution is 2.40. The van der Waals surface area contributed by atoms with E-state index in [2.05, 4.69) is 15.0 Å². The minimum atomic E-state index is 0.325. The molecule has 0 saturated heterocycles. The minimum absolute atomic E-state index is 0.325. The standard InChI is InChI=1S/C18H18Cl3N3O3/c19-16-13(4-1-7-22-10-25)17(20)15(6-3-9-24-12-27)18(21)14(16)5-2-8-23-11-26/h1-9H2. The maximum Gasteiger partial charge on any atom is 0.234 e. The van der Waals surface area contributed by atoms with E-state index in [1.165, 1.54) is 18.2 Å². The second-order valence-electron chi connectivity index (χ2n) is 5.61. The number of aliphatic imine (C=N–C) groups is 3. The molecule has 0 atom stereocenters. The van der Waals surface area contributed by atoms with Gasteiger partial charge in [0.15, 0.2) is 0 Å². The molecule has 1 aromatic carbocycles. The first-order chi connectivity index (χ1) is 13.1. The van der Waals surface area contributed by atoms with Crippen LogP contribution in [0.2, 0.25) is 15.1 Å². The number of halogens is 3. The molecule has 0 spiro atoms. The normalized spacial score (nSPS) is 9.89. The molecule has 1 rings (SSSR count). The Bertz CT molecular complexity index is 669. The van der Waals surface area contributed by atoms with E-state index >= 15 is 0 Å². The van der Waals surface area contributed by atoms with Crippen LogP contribution >= 0.6 is 34.8 Å². The summed E-state index contributed by atoms with van der Waals surface area (Å²) in [6.07, 6.45) is 7.83. The van der Waals surface area contributed by atoms with E-state index in [0.717, 1.165) is 16.7 Å². The Labute approximate surface area is 172 Å². The number of carbonyl (C=O) groups excluding carboxylic acids is 3. The molecule has 6 nitrogen and oxygen atoms in total. The second kappa shape index (κ2) is 13.4. The van der Waals surface area contributed by atoms with Crippen LogP contribution in [0.4, 0.5) is 0 Å². The third-order valence-corrected chi connectivity index (χ3v) is 5.24. The lowest BCUT2D eigenvalue weighted by Gasteiger charge is -2.18. The summed E-state index contributed by atoms with van der Waals surface area (Å²) in [5, 5.41) is 1.43. The first kappa shape index (κ1) is 23.3. The Hall–Kier alpha value is -1.77. The smallest absolute Gasteiger partial charge is 0.211 e. The third-order valence-electron chi connectivity index (χ3n) is 3.87. The summed E-state index contributed by atoms with van der Waals surface area (Å²) in [6.45, 7) is 0.975. The number of hydrogen-bond acceptors (Lipinski definition) is 6. The molecule has 0 saturated carbocycles. The Morgan fingerprint density at radius 1 is 0.556 bits per heavy atom. The average Bonchev–Trinajstić information content (AvgIpc) is 2.66. The second-order valence-corrected chi connectivity index (χ2v) is 6.74. The van der Waals surface area contributed by atoms with Gasteiger partial charge >= 0.3 is 0 Å². The fourth-order valence-electron chi connectivity index (χ4n) is 2.64. The summed E-state index contributed by atoms with van der Waals surface area (Å²) in [5.41, 5.74) is 2.23. The van der Waals surface area contributed by atoms with Crippen LogP contribution in [0.15, 0.2) is 15.0 Å². The number of hydrogen-bond donors (Lipinski definition) is 0. The lowest BCUT2D eigenvalue weighted by atomic mass is 9.96. The zero-order valence-electron chi connectivity index (χ0n) is 14.6. The maximum atomic E-state index is 10.2. The topological polar surface area (TPSA) is 88.3 Å². The van der Waals surface area contributed by atoms with Crippen molar-refractivity contribution in [2.24, 2.45) is 15.0 Å². The monoisotopic (exact) mass is 429 g/mol. The molecule has 0 unspecified atom stereocenters. The molecule has 0 aliphatic carbocycles. The third kappa shape index (κ3) is 7.40. The SMILES string of the molecule is O=C=NCCCc1c(Cl)c(CCCN=C=O)c(Cl)c(CCCN=C=O)c1Cl. The molecular formula is C18H18Cl3N3O3. The molecule has 144 valence electrons. The van der Waals surface area contributed by atoms with Gasteiger partial charge in [0.2, 0.25) is 18.2 Å². The maximum absolute atomic E-state index is 10.2. The molecule has 0 aliphatic heterocycles. The van der Waals surface area contributed by atoms with Crippen LogP contribution < -0.4 is 0 Å². The van der Waals surface area contributed by atoms with Crippen LogP contribution in [0.5, 0.6) is 0 Å². The van der Waals surface area contributed by atoms with Gasteiger partial charge in [-0.05, 0) is 55.2 Å². The largest absolute Gasteiger partial charge is 0.234 e. The summed E-state index contributed by atoms with van der Waals surface area (Å²) >= 11 is 19.6. The molecule has 0 heterocycles. The quantitative estimate of drug-likeness (QED) is 0.279. The lowest BCUT2D eigenvalue weighted by Crippen LogP contribution is -2.04. The number of rotatable bonds is 12. The molecule has 0 aromatic heterocycles. The van der Waals surface area contributed by atoms with Crippen molar-refractivity contribution in [1.29, 1.82) is 0 Å². The summed E-state index contributed by atoms with van der Waals surface area (Å²) < 4.78 is 0. The highest BCUT2D eigenvalue weighted by Gasteiger charge is 2.20. The average molecular weight is 431 g/mol. The summed E-state index contributed by atoms with van der Waals surface area (Å²) in [5.74, 6) is 0. The van der Waals surface area contributed by atoms with Gasteiger partial charge in [-0.3, -0.25) is 0 Å². The predicted octanol–water partition coefficient (Wildman–Crippen LogP) is 4.45. The van der Waals surface area contributed by atoms with Crippen molar-refractivity contribution in [3.63, 3.8) is 0 Å². The number of benzene rings is 1. The zero-order chi connectivity index (χ0) is 20.1. The van der Waals surface area contributed by atoms with Crippen molar-refractivity contribution >= 4 is 53.0 Å². The summed E-state index contributed by atoms with van der Waals surface area (Å²) in [7, 11) is 0. The van der Waals surface area contributed by atoms with Gasteiger partial charge < -0.3 is 0 Å². The Kier molecular flexibility index (Phi) is 11.6. The van der Waals surface area contributed by atoms with Crippen molar-refractivity contribution < 1.29 is 14.4 Å². The molecule has 0 fully saturated rings. The fraction of sp³-hybridized carbons (Fsp3) is 0.500. The van der Waals surface area contributed by atoms with Crippen LogP contribution in [0.1, 0.15) is 36.0 Å². The van der Waals surface area contributed by atoms with Crippen molar-refractivity contribution in [3.8, 4) is 0 Å². The van der Waals surface area contributed by atoms with E-state index < -0.39 is 0 Å². The molecule has 9 heteroatoms. The van der Waals surface area contributed by atoms with Crippen molar-refractivity contribution in [1.82, 2.24) is 0 Å². The van der Waals surface area contributed by atoms with Gasteiger partial charge in [-0.2, -0.15) is 0 Å². The first-order valence-corrected chi connectivity index (χ1v) is 9.49. The highest BCUT2D eigenvalue weighted by atomic mass is 35.5. The Morgan fingerprint density at radius 2 is 0.815 bits per heavy atom. The van der Waals surface area contributed by atoms with Gasteiger partial charge in [-0.1, -0.05) is 34.8 Å². The molecule has 27 heavy (non-hydrogen) atoms. The molecule has 0 amide bonds. The van der Waals surface area contributed by atoms with Crippen LogP contribution in [0.3, 0.4) is 0 Å². The van der Waals surface area contributed by atoms with Gasteiger partial charge in [-0.25, -0.2) is 29.4 Å². The molecule has 0 radical (unpaired) electrons. The van der Waals surface area contributed by atoms with Gasteiger partial charge in [0.1, 0.15) is 0 Å². The van der Waals surface area contributed by atoms with Crippen LogP contribution in [-0.2, 0) is 33.6 Å². The van der Waals surface area contributed by atoms with E-state index in [0.29, 0.717) is 73.2 Å². The molecule has 0 bridgehead atoms. The van der Waals surface area contributed by atoms with E-state index in [1.807, 2.05) is 0 Å². The van der Waals surface area contributed by atoms with E-state index in [1.54, 1.807) is 0 Å². The van der Waals surface area contributed by atoms with Crippen molar-refractivity contribution in [3.05, 3.63) is 31.8 Å². The zero-order valence-corrected chi connectivity index (χ0v) is 16.8. The minimum Gasteiger partial charge on any atom is -0.211 e. The van der Waals surface area contributed by atoms with Crippen molar-refractivity contribution in [2.45, 2.75) is 38.5 Å². The Balaban J connectivity index is 3.18. The molecule has 0 aliphatic rings. The van der Waals surface area contributed by atoms with Gasteiger partial charge in [0.05, 0.1) is 19.6 Å². The first-order valence-electron chi connectivity index (χ1n) is 8.36. The molecule has 1 aromatic rings. The van der Waals surface area contributed by atoms with Crippen LogP contribution in [0, 0.1) is 0 Å². The predicted molar refractivity (Wildman–Crippen MR) is 105 cm³/mol. The van der Waals surface area contributed by atoms with Gasteiger partial charge in [0, 0.05) is 15.1 Å². The van der Waals surface area contributed by atoms with E-state index in [9.17, 15) is 14.4 Å². The van der Waals surface area contributed by atoms with Crippen LogP contribution in [-0.4, -0.2) is 37.9 Å². The van der Waals surface area contributed by atoms with E-state index in [4.69, 9.17) is 34.8 Å². The summed E-state index contributed by atoms with van der Waals surface area (Å²) in [6, 6.07) is 0. The number of isocyanates is 3. The van der Waals surface area contributed by atoms with Gasteiger partial charge in [0.25, 0.3) is 0 Å². The van der Waals surface area contributed by atoms with Crippen molar-refractivity contribution in [2.75, 3.05) is 19.6 Å². The number of nitrogens with zero attached hydrogens (tertiary/aromatic N) is 3. The lowest BCUT2D eigenvalue weighted by molar-refractivity contribution is 0.561.